The predicted octanol–water partition coefficient (Wildman–Crippen LogP) is 4.11. The molecule has 0 N–H and O–H groups in total. The van der Waals surface area contributed by atoms with Gasteiger partial charge in [-0.15, -0.1) is 0 Å². The maximum atomic E-state index is 6.21. The van der Waals surface area contributed by atoms with Crippen molar-refractivity contribution in [1.29, 1.82) is 0 Å². The lowest BCUT2D eigenvalue weighted by molar-refractivity contribution is 0.182. The first-order valence-corrected chi connectivity index (χ1v) is 6.03. The molecule has 0 amide bonds. The van der Waals surface area contributed by atoms with Crippen molar-refractivity contribution in [3.8, 4) is 0 Å². The second-order valence-corrected chi connectivity index (χ2v) is 4.82. The summed E-state index contributed by atoms with van der Waals surface area (Å²) in [5.74, 6) is 0. The highest BCUT2D eigenvalue weighted by Gasteiger charge is 2.08. The molecule has 4 heteroatoms. The summed E-state index contributed by atoms with van der Waals surface area (Å²) in [5.41, 5.74) is 2.87. The Kier molecular flexibility index (Phi) is 3.47. The molecular weight excluding hydrogens is 289 g/mol. The Balaban J connectivity index is 2.73. The van der Waals surface area contributed by atoms with Gasteiger partial charge < -0.3 is 4.74 Å². The molecule has 2 aromatic rings. The van der Waals surface area contributed by atoms with Crippen LogP contribution in [-0.4, -0.2) is 12.1 Å². The highest BCUT2D eigenvalue weighted by Crippen LogP contribution is 2.30. The molecule has 0 bridgehead atoms. The summed E-state index contributed by atoms with van der Waals surface area (Å²) in [5, 5.41) is 1.66. The van der Waals surface area contributed by atoms with Crippen LogP contribution in [0.4, 0.5) is 0 Å². The number of pyridine rings is 1. The fraction of sp³-hybridized carbons (Fsp3) is 0.250. The van der Waals surface area contributed by atoms with Gasteiger partial charge in [0.05, 0.1) is 22.8 Å². The van der Waals surface area contributed by atoms with E-state index in [4.69, 9.17) is 16.3 Å². The third kappa shape index (κ3) is 2.08. The second kappa shape index (κ2) is 4.70. The van der Waals surface area contributed by atoms with Crippen LogP contribution in [0.5, 0.6) is 0 Å². The molecule has 2 rings (SSSR count). The molecule has 0 fully saturated rings. The minimum absolute atomic E-state index is 0.468. The Hall–Kier alpha value is -0.640. The van der Waals surface area contributed by atoms with Gasteiger partial charge in [-0.25, -0.2) is 4.98 Å². The molecule has 84 valence electrons. The number of halogens is 2. The first-order valence-electron chi connectivity index (χ1n) is 4.86. The van der Waals surface area contributed by atoms with Gasteiger partial charge in [0.2, 0.25) is 0 Å². The fourth-order valence-electron chi connectivity index (χ4n) is 1.59. The zero-order valence-electron chi connectivity index (χ0n) is 9.05. The van der Waals surface area contributed by atoms with Crippen LogP contribution in [0, 0.1) is 6.92 Å². The largest absolute Gasteiger partial charge is 0.378 e. The molecule has 1 aromatic carbocycles. The quantitative estimate of drug-likeness (QED) is 0.833. The Morgan fingerprint density at radius 2 is 2.19 bits per heavy atom. The molecule has 0 unspecified atom stereocenters. The summed E-state index contributed by atoms with van der Waals surface area (Å²) in [6, 6.07) is 5.85. The van der Waals surface area contributed by atoms with E-state index in [9.17, 15) is 0 Å². The van der Waals surface area contributed by atoms with Crippen molar-refractivity contribution in [3.63, 3.8) is 0 Å². The summed E-state index contributed by atoms with van der Waals surface area (Å²) in [6.07, 6.45) is 0. The maximum absolute atomic E-state index is 6.21. The second-order valence-electron chi connectivity index (χ2n) is 3.62. The lowest BCUT2D eigenvalue weighted by atomic mass is 10.1. The van der Waals surface area contributed by atoms with Crippen molar-refractivity contribution >= 4 is 38.4 Å². The fourth-order valence-corrected chi connectivity index (χ4v) is 2.30. The average Bonchev–Trinajstić information content (AvgIpc) is 2.25. The Labute approximate surface area is 108 Å². The van der Waals surface area contributed by atoms with Gasteiger partial charge >= 0.3 is 0 Å². The summed E-state index contributed by atoms with van der Waals surface area (Å²) in [6.45, 7) is 2.50. The molecule has 1 heterocycles. The number of aryl methyl sites for hydroxylation is 1. The number of hydrogen-bond donors (Lipinski definition) is 0. The molecule has 0 saturated carbocycles. The van der Waals surface area contributed by atoms with Crippen LogP contribution in [0.1, 0.15) is 11.3 Å². The van der Waals surface area contributed by atoms with Gasteiger partial charge in [-0.2, -0.15) is 0 Å². The van der Waals surface area contributed by atoms with E-state index in [1.165, 1.54) is 0 Å². The van der Waals surface area contributed by atoms with Crippen molar-refractivity contribution in [3.05, 3.63) is 39.0 Å². The number of fused-ring (bicyclic) bond motifs is 1. The topological polar surface area (TPSA) is 22.1 Å². The number of methoxy groups -OCH3 is 1. The van der Waals surface area contributed by atoms with Gasteiger partial charge in [-0.05, 0) is 34.5 Å². The molecule has 0 atom stereocenters. The van der Waals surface area contributed by atoms with Gasteiger partial charge in [-0.1, -0.05) is 23.7 Å². The van der Waals surface area contributed by atoms with E-state index in [2.05, 4.69) is 20.9 Å². The van der Waals surface area contributed by atoms with Crippen LogP contribution in [-0.2, 0) is 11.3 Å². The lowest BCUT2D eigenvalue weighted by Gasteiger charge is -2.07. The molecule has 2 nitrogen and oxygen atoms in total. The van der Waals surface area contributed by atoms with E-state index in [0.717, 1.165) is 26.6 Å². The molecule has 0 spiro atoms. The normalized spacial score (nSPS) is 11.0. The number of ether oxygens (including phenoxy) is 1. The summed E-state index contributed by atoms with van der Waals surface area (Å²) in [7, 11) is 1.64. The Bertz CT molecular complexity index is 542. The standard InChI is InChI=1S/C12H11BrClNO/c1-7-3-4-9-10(14)5-8(6-16-2)15-12(9)11(7)13/h3-5H,6H2,1-2H3. The van der Waals surface area contributed by atoms with E-state index >= 15 is 0 Å². The monoisotopic (exact) mass is 299 g/mol. The van der Waals surface area contributed by atoms with E-state index in [-0.39, 0.29) is 0 Å². The van der Waals surface area contributed by atoms with Crippen LogP contribution < -0.4 is 0 Å². The number of aromatic nitrogens is 1. The minimum Gasteiger partial charge on any atom is -0.378 e. The number of rotatable bonds is 2. The summed E-state index contributed by atoms with van der Waals surface area (Å²) in [4.78, 5) is 4.53. The molecule has 0 aliphatic heterocycles. The van der Waals surface area contributed by atoms with E-state index in [0.29, 0.717) is 11.6 Å². The van der Waals surface area contributed by atoms with Crippen LogP contribution >= 0.6 is 27.5 Å². The average molecular weight is 301 g/mol. The molecular formula is C12H11BrClNO. The molecule has 16 heavy (non-hydrogen) atoms. The third-order valence-corrected chi connectivity index (χ3v) is 3.72. The number of nitrogens with zero attached hydrogens (tertiary/aromatic N) is 1. The zero-order chi connectivity index (χ0) is 11.7. The highest BCUT2D eigenvalue weighted by molar-refractivity contribution is 9.10. The van der Waals surface area contributed by atoms with Crippen LogP contribution in [0.15, 0.2) is 22.7 Å². The van der Waals surface area contributed by atoms with Gasteiger partial charge in [0.1, 0.15) is 0 Å². The van der Waals surface area contributed by atoms with Crippen LogP contribution in [0.3, 0.4) is 0 Å². The first kappa shape index (κ1) is 11.8. The number of benzene rings is 1. The van der Waals surface area contributed by atoms with E-state index < -0.39 is 0 Å². The number of hydrogen-bond acceptors (Lipinski definition) is 2. The smallest absolute Gasteiger partial charge is 0.0884 e. The van der Waals surface area contributed by atoms with Crippen molar-refractivity contribution in [1.82, 2.24) is 4.98 Å². The van der Waals surface area contributed by atoms with Crippen molar-refractivity contribution in [2.24, 2.45) is 0 Å². The van der Waals surface area contributed by atoms with Crippen LogP contribution in [0.2, 0.25) is 5.02 Å². The predicted molar refractivity (Wildman–Crippen MR) is 69.9 cm³/mol. The third-order valence-electron chi connectivity index (χ3n) is 2.41. The van der Waals surface area contributed by atoms with Crippen molar-refractivity contribution in [2.75, 3.05) is 7.11 Å². The highest BCUT2D eigenvalue weighted by atomic mass is 79.9. The summed E-state index contributed by atoms with van der Waals surface area (Å²) < 4.78 is 6.06. The molecule has 0 aliphatic carbocycles. The van der Waals surface area contributed by atoms with Gasteiger partial charge in [0.25, 0.3) is 0 Å². The molecule has 0 radical (unpaired) electrons. The molecule has 1 aromatic heterocycles. The van der Waals surface area contributed by atoms with E-state index in [1.807, 2.05) is 25.1 Å². The lowest BCUT2D eigenvalue weighted by Crippen LogP contribution is -1.94. The Morgan fingerprint density at radius 1 is 1.44 bits per heavy atom. The Morgan fingerprint density at radius 3 is 2.88 bits per heavy atom. The van der Waals surface area contributed by atoms with Gasteiger partial charge in [0.15, 0.2) is 0 Å². The van der Waals surface area contributed by atoms with Gasteiger partial charge in [0, 0.05) is 17.0 Å². The minimum atomic E-state index is 0.468. The van der Waals surface area contributed by atoms with E-state index in [1.54, 1.807) is 7.11 Å². The molecule has 0 saturated heterocycles. The van der Waals surface area contributed by atoms with Gasteiger partial charge in [-0.3, -0.25) is 0 Å². The SMILES string of the molecule is COCc1cc(Cl)c2ccc(C)c(Br)c2n1. The first-order chi connectivity index (χ1) is 7.63. The van der Waals surface area contributed by atoms with Crippen LogP contribution in [0.25, 0.3) is 10.9 Å². The maximum Gasteiger partial charge on any atom is 0.0884 e. The van der Waals surface area contributed by atoms with Crippen molar-refractivity contribution in [2.45, 2.75) is 13.5 Å². The zero-order valence-corrected chi connectivity index (χ0v) is 11.4. The molecule has 0 aliphatic rings. The summed E-state index contributed by atoms with van der Waals surface area (Å²) >= 11 is 9.74. The van der Waals surface area contributed by atoms with Crippen molar-refractivity contribution < 1.29 is 4.74 Å².